The molecule has 0 saturated carbocycles. The highest BCUT2D eigenvalue weighted by Crippen LogP contribution is 2.23. The minimum absolute atomic E-state index is 0.680. The second-order valence-electron chi connectivity index (χ2n) is 3.83. The summed E-state index contributed by atoms with van der Waals surface area (Å²) in [5, 5.41) is 3.96. The summed E-state index contributed by atoms with van der Waals surface area (Å²) >= 11 is 5.91. The van der Waals surface area contributed by atoms with Gasteiger partial charge in [-0.1, -0.05) is 17.7 Å². The predicted octanol–water partition coefficient (Wildman–Crippen LogP) is 4.20. The van der Waals surface area contributed by atoms with Crippen LogP contribution in [0.15, 0.2) is 42.5 Å². The maximum atomic E-state index is 10.6. The van der Waals surface area contributed by atoms with Crippen molar-refractivity contribution < 1.29 is 4.79 Å². The number of hydrogen-bond acceptors (Lipinski definition) is 2. The number of halogens is 1. The average Bonchev–Trinajstić information content (AvgIpc) is 2.32. The Bertz CT molecular complexity index is 552. The summed E-state index contributed by atoms with van der Waals surface area (Å²) in [5.41, 5.74) is 3.60. The van der Waals surface area contributed by atoms with Crippen LogP contribution in [-0.2, 0) is 0 Å². The number of anilines is 2. The molecule has 0 atom stereocenters. The molecule has 0 aliphatic heterocycles. The maximum Gasteiger partial charge on any atom is 0.150 e. The number of carbonyl (C=O) groups excluding carboxylic acids is 1. The van der Waals surface area contributed by atoms with Crippen LogP contribution < -0.4 is 5.32 Å². The molecular weight excluding hydrogens is 234 g/mol. The van der Waals surface area contributed by atoms with E-state index in [1.807, 2.05) is 43.3 Å². The molecule has 0 radical (unpaired) electrons. The van der Waals surface area contributed by atoms with Gasteiger partial charge >= 0.3 is 0 Å². The van der Waals surface area contributed by atoms with Crippen LogP contribution in [0.3, 0.4) is 0 Å². The average molecular weight is 246 g/mol. The lowest BCUT2D eigenvalue weighted by molar-refractivity contribution is 0.112. The van der Waals surface area contributed by atoms with Crippen molar-refractivity contribution in [2.24, 2.45) is 0 Å². The van der Waals surface area contributed by atoms with E-state index < -0.39 is 0 Å². The molecule has 17 heavy (non-hydrogen) atoms. The van der Waals surface area contributed by atoms with Gasteiger partial charge < -0.3 is 5.32 Å². The summed E-state index contributed by atoms with van der Waals surface area (Å²) < 4.78 is 0. The Morgan fingerprint density at radius 2 is 2.00 bits per heavy atom. The lowest BCUT2D eigenvalue weighted by Crippen LogP contribution is -1.94. The normalized spacial score (nSPS) is 10.0. The number of hydrogen-bond donors (Lipinski definition) is 1. The van der Waals surface area contributed by atoms with Gasteiger partial charge in [0.15, 0.2) is 0 Å². The van der Waals surface area contributed by atoms with E-state index in [0.717, 1.165) is 23.2 Å². The SMILES string of the molecule is Cc1cc(C=O)ccc1Nc1cccc(Cl)c1. The second-order valence-corrected chi connectivity index (χ2v) is 4.26. The van der Waals surface area contributed by atoms with Gasteiger partial charge in [0.25, 0.3) is 0 Å². The number of aldehydes is 1. The number of rotatable bonds is 3. The summed E-state index contributed by atoms with van der Waals surface area (Å²) in [6.07, 6.45) is 0.843. The van der Waals surface area contributed by atoms with Crippen molar-refractivity contribution in [1.82, 2.24) is 0 Å². The van der Waals surface area contributed by atoms with Crippen LogP contribution >= 0.6 is 11.6 Å². The van der Waals surface area contributed by atoms with Crippen molar-refractivity contribution >= 4 is 29.3 Å². The Balaban J connectivity index is 2.27. The molecule has 0 saturated heterocycles. The van der Waals surface area contributed by atoms with Crippen LogP contribution in [0.1, 0.15) is 15.9 Å². The van der Waals surface area contributed by atoms with Gasteiger partial charge in [-0.05, 0) is 48.9 Å². The number of aryl methyl sites for hydroxylation is 1. The van der Waals surface area contributed by atoms with Crippen LogP contribution in [0.5, 0.6) is 0 Å². The Morgan fingerprint density at radius 1 is 1.18 bits per heavy atom. The standard InChI is InChI=1S/C14H12ClNO/c1-10-7-11(9-17)5-6-14(10)16-13-4-2-3-12(15)8-13/h2-9,16H,1H3. The van der Waals surface area contributed by atoms with Gasteiger partial charge in [0, 0.05) is 22.0 Å². The molecule has 2 aromatic rings. The molecule has 0 aliphatic carbocycles. The quantitative estimate of drug-likeness (QED) is 0.821. The van der Waals surface area contributed by atoms with Crippen LogP contribution in [0.4, 0.5) is 11.4 Å². The maximum absolute atomic E-state index is 10.6. The highest BCUT2D eigenvalue weighted by Gasteiger charge is 2.00. The molecule has 3 heteroatoms. The summed E-state index contributed by atoms with van der Waals surface area (Å²) in [6.45, 7) is 1.96. The van der Waals surface area contributed by atoms with Gasteiger partial charge in [-0.2, -0.15) is 0 Å². The zero-order valence-electron chi connectivity index (χ0n) is 9.41. The molecule has 0 aromatic heterocycles. The van der Waals surface area contributed by atoms with E-state index in [2.05, 4.69) is 5.32 Å². The fraction of sp³-hybridized carbons (Fsp3) is 0.0714. The van der Waals surface area contributed by atoms with Gasteiger partial charge in [0.2, 0.25) is 0 Å². The monoisotopic (exact) mass is 245 g/mol. The molecule has 2 nitrogen and oxygen atoms in total. The van der Waals surface area contributed by atoms with E-state index in [-0.39, 0.29) is 0 Å². The summed E-state index contributed by atoms with van der Waals surface area (Å²) in [4.78, 5) is 10.6. The molecule has 2 rings (SSSR count). The van der Waals surface area contributed by atoms with E-state index in [4.69, 9.17) is 11.6 Å². The third kappa shape index (κ3) is 2.86. The van der Waals surface area contributed by atoms with Crippen molar-refractivity contribution in [3.63, 3.8) is 0 Å². The van der Waals surface area contributed by atoms with E-state index in [1.54, 1.807) is 6.07 Å². The molecule has 0 amide bonds. The van der Waals surface area contributed by atoms with Crippen molar-refractivity contribution in [2.75, 3.05) is 5.32 Å². The molecule has 0 spiro atoms. The predicted molar refractivity (Wildman–Crippen MR) is 71.3 cm³/mol. The van der Waals surface area contributed by atoms with Crippen LogP contribution in [0.2, 0.25) is 5.02 Å². The van der Waals surface area contributed by atoms with Crippen molar-refractivity contribution in [3.05, 3.63) is 58.6 Å². The molecule has 0 bridgehead atoms. The Labute approximate surface area is 105 Å². The third-order valence-electron chi connectivity index (χ3n) is 2.49. The smallest absolute Gasteiger partial charge is 0.150 e. The van der Waals surface area contributed by atoms with Crippen molar-refractivity contribution in [2.45, 2.75) is 6.92 Å². The largest absolute Gasteiger partial charge is 0.355 e. The Hall–Kier alpha value is -1.80. The summed E-state index contributed by atoms with van der Waals surface area (Å²) in [6, 6.07) is 13.0. The molecule has 0 heterocycles. The molecule has 2 aromatic carbocycles. The van der Waals surface area contributed by atoms with Gasteiger partial charge in [0.05, 0.1) is 0 Å². The second kappa shape index (κ2) is 5.02. The molecule has 86 valence electrons. The first-order chi connectivity index (χ1) is 8.19. The molecule has 1 N–H and O–H groups in total. The summed E-state index contributed by atoms with van der Waals surface area (Å²) in [7, 11) is 0. The molecule has 0 aliphatic rings. The van der Waals surface area contributed by atoms with Crippen LogP contribution in [0, 0.1) is 6.92 Å². The lowest BCUT2D eigenvalue weighted by Gasteiger charge is -2.10. The number of carbonyl (C=O) groups is 1. The van der Waals surface area contributed by atoms with Crippen molar-refractivity contribution in [1.29, 1.82) is 0 Å². The van der Waals surface area contributed by atoms with E-state index in [9.17, 15) is 4.79 Å². The molecular formula is C14H12ClNO. The minimum Gasteiger partial charge on any atom is -0.355 e. The van der Waals surface area contributed by atoms with E-state index in [1.165, 1.54) is 0 Å². The van der Waals surface area contributed by atoms with Crippen LogP contribution in [0.25, 0.3) is 0 Å². The van der Waals surface area contributed by atoms with Gasteiger partial charge in [-0.3, -0.25) is 4.79 Å². The fourth-order valence-electron chi connectivity index (χ4n) is 1.62. The lowest BCUT2D eigenvalue weighted by atomic mass is 10.1. The Morgan fingerprint density at radius 3 is 2.65 bits per heavy atom. The fourth-order valence-corrected chi connectivity index (χ4v) is 1.81. The topological polar surface area (TPSA) is 29.1 Å². The molecule has 0 unspecified atom stereocenters. The first kappa shape index (κ1) is 11.7. The number of nitrogens with one attached hydrogen (secondary N) is 1. The third-order valence-corrected chi connectivity index (χ3v) is 2.73. The van der Waals surface area contributed by atoms with Crippen molar-refractivity contribution in [3.8, 4) is 0 Å². The van der Waals surface area contributed by atoms with Crippen LogP contribution in [-0.4, -0.2) is 6.29 Å². The van der Waals surface area contributed by atoms with Gasteiger partial charge in [-0.15, -0.1) is 0 Å². The van der Waals surface area contributed by atoms with Gasteiger partial charge in [0.1, 0.15) is 6.29 Å². The molecule has 0 fully saturated rings. The Kier molecular flexibility index (Phi) is 3.45. The first-order valence-electron chi connectivity index (χ1n) is 5.27. The van der Waals surface area contributed by atoms with E-state index in [0.29, 0.717) is 10.6 Å². The van der Waals surface area contributed by atoms with E-state index >= 15 is 0 Å². The minimum atomic E-state index is 0.680. The summed E-state index contributed by atoms with van der Waals surface area (Å²) in [5.74, 6) is 0. The first-order valence-corrected chi connectivity index (χ1v) is 5.65. The highest BCUT2D eigenvalue weighted by atomic mass is 35.5. The zero-order chi connectivity index (χ0) is 12.3. The zero-order valence-corrected chi connectivity index (χ0v) is 10.2. The highest BCUT2D eigenvalue weighted by molar-refractivity contribution is 6.30. The van der Waals surface area contributed by atoms with Gasteiger partial charge in [-0.25, -0.2) is 0 Å². The number of benzene rings is 2.